The number of esters is 1. The van der Waals surface area contributed by atoms with Gasteiger partial charge in [0.2, 0.25) is 5.72 Å². The predicted molar refractivity (Wildman–Crippen MR) is 43.9 cm³/mol. The average Bonchev–Trinajstić information content (AvgIpc) is 1.56. The summed E-state index contributed by atoms with van der Waals surface area (Å²) in [6.45, 7) is 5.22. The van der Waals surface area contributed by atoms with Crippen LogP contribution < -0.4 is 0 Å². The molecule has 0 saturated heterocycles. The Morgan fingerprint density at radius 3 is 1.73 bits per heavy atom. The largest absolute Gasteiger partial charge is 0.411 e. The second-order valence-electron chi connectivity index (χ2n) is 4.05. The molecule has 0 aromatic carbocycles. The molecule has 0 radical (unpaired) electrons. The number of quaternary nitrogens is 1. The van der Waals surface area contributed by atoms with E-state index in [2.05, 4.69) is 0 Å². The lowest BCUT2D eigenvalue weighted by molar-refractivity contribution is -0.943. The molecule has 0 amide bonds. The van der Waals surface area contributed by atoms with Crippen molar-refractivity contribution in [1.82, 2.24) is 0 Å². The Bertz CT molecular complexity index is 156. The van der Waals surface area contributed by atoms with E-state index in [0.717, 1.165) is 0 Å². The number of ether oxygens (including phenoxy) is 1. The van der Waals surface area contributed by atoms with Gasteiger partial charge in [0, 0.05) is 20.8 Å². The van der Waals surface area contributed by atoms with Crippen molar-refractivity contribution in [3.8, 4) is 0 Å². The summed E-state index contributed by atoms with van der Waals surface area (Å²) in [6, 6.07) is 0. The van der Waals surface area contributed by atoms with Crippen LogP contribution in [0.3, 0.4) is 0 Å². The van der Waals surface area contributed by atoms with Crippen LogP contribution in [0.25, 0.3) is 0 Å². The van der Waals surface area contributed by atoms with Gasteiger partial charge in [0.1, 0.15) is 0 Å². The Morgan fingerprint density at radius 1 is 1.27 bits per heavy atom. The third-order valence-electron chi connectivity index (χ3n) is 2.01. The van der Waals surface area contributed by atoms with Crippen LogP contribution in [0, 0.1) is 0 Å². The van der Waals surface area contributed by atoms with Gasteiger partial charge in [-0.25, -0.2) is 0 Å². The van der Waals surface area contributed by atoms with Gasteiger partial charge in [-0.05, 0) is 0 Å². The van der Waals surface area contributed by atoms with Crippen molar-refractivity contribution in [2.45, 2.75) is 26.5 Å². The second-order valence-corrected chi connectivity index (χ2v) is 4.05. The fourth-order valence-electron chi connectivity index (χ4n) is 0.489. The van der Waals surface area contributed by atoms with Crippen LogP contribution in [-0.2, 0) is 9.53 Å². The molecule has 0 N–H and O–H groups in total. The van der Waals surface area contributed by atoms with E-state index in [9.17, 15) is 4.79 Å². The Hall–Kier alpha value is -0.570. The summed E-state index contributed by atoms with van der Waals surface area (Å²) in [5.41, 5.74) is -0.453. The number of rotatable bonds is 2. The van der Waals surface area contributed by atoms with Crippen LogP contribution in [0.1, 0.15) is 20.8 Å². The third kappa shape index (κ3) is 2.89. The first-order valence-corrected chi connectivity index (χ1v) is 3.68. The molecule has 0 atom stereocenters. The Morgan fingerprint density at radius 2 is 1.64 bits per heavy atom. The summed E-state index contributed by atoms with van der Waals surface area (Å²) in [5.74, 6) is -0.233. The fraction of sp³-hybridized carbons (Fsp3) is 0.875. The lowest BCUT2D eigenvalue weighted by Gasteiger charge is -2.39. The van der Waals surface area contributed by atoms with Crippen molar-refractivity contribution in [3.05, 3.63) is 0 Å². The van der Waals surface area contributed by atoms with E-state index in [1.54, 1.807) is 0 Å². The van der Waals surface area contributed by atoms with Gasteiger partial charge < -0.3 is 4.74 Å². The Kier molecular flexibility index (Phi) is 2.67. The summed E-state index contributed by atoms with van der Waals surface area (Å²) in [4.78, 5) is 10.7. The monoisotopic (exact) mass is 160 g/mol. The van der Waals surface area contributed by atoms with Crippen molar-refractivity contribution < 1.29 is 14.0 Å². The smallest absolute Gasteiger partial charge is 0.307 e. The molecule has 0 aliphatic rings. The average molecular weight is 160 g/mol. The van der Waals surface area contributed by atoms with Gasteiger partial charge in [0.05, 0.1) is 21.1 Å². The molecular weight excluding hydrogens is 142 g/mol. The zero-order chi connectivity index (χ0) is 9.28. The molecule has 11 heavy (non-hydrogen) atoms. The van der Waals surface area contributed by atoms with Gasteiger partial charge in [-0.2, -0.15) is 0 Å². The highest BCUT2D eigenvalue weighted by molar-refractivity contribution is 5.66. The van der Waals surface area contributed by atoms with Crippen LogP contribution in [0.15, 0.2) is 0 Å². The fourth-order valence-corrected chi connectivity index (χ4v) is 0.489. The Labute approximate surface area is 68.5 Å². The van der Waals surface area contributed by atoms with Crippen molar-refractivity contribution in [1.29, 1.82) is 0 Å². The maximum Gasteiger partial charge on any atom is 0.307 e. The molecule has 0 spiro atoms. The number of hydrogen-bond donors (Lipinski definition) is 0. The van der Waals surface area contributed by atoms with Crippen LogP contribution >= 0.6 is 0 Å². The molecule has 0 unspecified atom stereocenters. The van der Waals surface area contributed by atoms with Crippen LogP contribution in [0.5, 0.6) is 0 Å². The second kappa shape index (κ2) is 2.81. The van der Waals surface area contributed by atoms with Gasteiger partial charge >= 0.3 is 5.97 Å². The van der Waals surface area contributed by atoms with E-state index in [4.69, 9.17) is 4.74 Å². The quantitative estimate of drug-likeness (QED) is 0.342. The van der Waals surface area contributed by atoms with Gasteiger partial charge in [-0.1, -0.05) is 0 Å². The molecule has 0 aliphatic carbocycles. The molecule has 0 fully saturated rings. The van der Waals surface area contributed by atoms with Crippen LogP contribution in [0.2, 0.25) is 0 Å². The zero-order valence-corrected chi connectivity index (χ0v) is 8.26. The van der Waals surface area contributed by atoms with Crippen molar-refractivity contribution in [3.63, 3.8) is 0 Å². The van der Waals surface area contributed by atoms with Crippen molar-refractivity contribution >= 4 is 5.97 Å². The summed E-state index contributed by atoms with van der Waals surface area (Å²) >= 11 is 0. The number of nitrogens with zero attached hydrogens (tertiary/aromatic N) is 1. The zero-order valence-electron chi connectivity index (χ0n) is 8.26. The molecule has 0 heterocycles. The summed E-state index contributed by atoms with van der Waals surface area (Å²) in [7, 11) is 5.97. The molecule has 0 rings (SSSR count). The molecule has 0 bridgehead atoms. The summed E-state index contributed by atoms with van der Waals surface area (Å²) < 4.78 is 5.74. The first kappa shape index (κ1) is 10.4. The molecule has 0 aromatic heterocycles. The number of carbonyl (C=O) groups is 1. The van der Waals surface area contributed by atoms with Crippen molar-refractivity contribution in [2.24, 2.45) is 0 Å². The van der Waals surface area contributed by atoms with Gasteiger partial charge in [0.15, 0.2) is 0 Å². The van der Waals surface area contributed by atoms with Crippen LogP contribution in [0.4, 0.5) is 0 Å². The maximum absolute atomic E-state index is 10.7. The van der Waals surface area contributed by atoms with E-state index in [0.29, 0.717) is 4.48 Å². The lowest BCUT2D eigenvalue weighted by Crippen LogP contribution is -2.55. The van der Waals surface area contributed by atoms with Crippen LogP contribution in [-0.4, -0.2) is 37.3 Å². The van der Waals surface area contributed by atoms with E-state index in [1.807, 2.05) is 35.0 Å². The topological polar surface area (TPSA) is 26.3 Å². The first-order valence-electron chi connectivity index (χ1n) is 3.68. The number of carbonyl (C=O) groups excluding carboxylic acids is 1. The normalized spacial score (nSPS) is 12.9. The maximum atomic E-state index is 10.7. The predicted octanol–water partition coefficient (Wildman–Crippen LogP) is 0.992. The number of hydrogen-bond acceptors (Lipinski definition) is 2. The van der Waals surface area contributed by atoms with E-state index >= 15 is 0 Å². The standard InChI is InChI=1S/C8H18NO2/c1-7(10)11-8(2,3)9(4,5)6/h1-6H3/q+1. The van der Waals surface area contributed by atoms with E-state index < -0.39 is 5.72 Å². The summed E-state index contributed by atoms with van der Waals surface area (Å²) in [6.07, 6.45) is 0. The molecular formula is C8H18NO2+. The van der Waals surface area contributed by atoms with E-state index in [1.165, 1.54) is 6.92 Å². The van der Waals surface area contributed by atoms with Gasteiger partial charge in [-0.15, -0.1) is 0 Å². The van der Waals surface area contributed by atoms with Crippen molar-refractivity contribution in [2.75, 3.05) is 21.1 Å². The van der Waals surface area contributed by atoms with Gasteiger partial charge in [-0.3, -0.25) is 9.28 Å². The molecule has 0 aliphatic heterocycles. The molecule has 0 saturated carbocycles. The highest BCUT2D eigenvalue weighted by Gasteiger charge is 2.35. The minimum Gasteiger partial charge on any atom is -0.411 e. The minimum absolute atomic E-state index is 0.233. The van der Waals surface area contributed by atoms with E-state index in [-0.39, 0.29) is 5.97 Å². The lowest BCUT2D eigenvalue weighted by atomic mass is 10.2. The molecule has 0 aromatic rings. The third-order valence-corrected chi connectivity index (χ3v) is 2.01. The highest BCUT2D eigenvalue weighted by Crippen LogP contribution is 2.18. The minimum atomic E-state index is -0.453. The molecule has 3 heteroatoms. The van der Waals surface area contributed by atoms with Gasteiger partial charge in [0.25, 0.3) is 0 Å². The molecule has 66 valence electrons. The Balaban J connectivity index is 4.34. The summed E-state index contributed by atoms with van der Waals surface area (Å²) in [5, 5.41) is 0. The highest BCUT2D eigenvalue weighted by atomic mass is 16.6. The first-order chi connectivity index (χ1) is 4.67. The SMILES string of the molecule is CC(=O)OC(C)(C)[N+](C)(C)C. The molecule has 3 nitrogen and oxygen atoms in total.